The van der Waals surface area contributed by atoms with E-state index in [1.807, 2.05) is 30.5 Å². The van der Waals surface area contributed by atoms with E-state index in [4.69, 9.17) is 5.73 Å². The Kier molecular flexibility index (Phi) is 5.55. The lowest BCUT2D eigenvalue weighted by Crippen LogP contribution is -2.18. The predicted octanol–water partition coefficient (Wildman–Crippen LogP) is 4.98. The lowest BCUT2D eigenvalue weighted by atomic mass is 10.1. The van der Waals surface area contributed by atoms with E-state index in [9.17, 15) is 4.79 Å². The highest BCUT2D eigenvalue weighted by Gasteiger charge is 2.13. The van der Waals surface area contributed by atoms with Crippen molar-refractivity contribution in [2.24, 2.45) is 0 Å². The quantitative estimate of drug-likeness (QED) is 0.397. The molecule has 0 saturated heterocycles. The number of nitrogen functional groups attached to an aromatic ring is 1. The molecule has 0 saturated carbocycles. The first-order chi connectivity index (χ1) is 14.1. The summed E-state index contributed by atoms with van der Waals surface area (Å²) in [7, 11) is 0. The van der Waals surface area contributed by atoms with Crippen molar-refractivity contribution in [3.63, 3.8) is 0 Å². The van der Waals surface area contributed by atoms with Gasteiger partial charge in [0.1, 0.15) is 0 Å². The zero-order chi connectivity index (χ0) is 20.2. The largest absolute Gasteiger partial charge is 0.397 e. The Morgan fingerprint density at radius 1 is 1.14 bits per heavy atom. The molecule has 0 spiro atoms. The van der Waals surface area contributed by atoms with Crippen molar-refractivity contribution in [1.29, 1.82) is 0 Å². The molecule has 2 aromatic heterocycles. The van der Waals surface area contributed by atoms with Crippen molar-refractivity contribution in [3.05, 3.63) is 89.1 Å². The Hall–Kier alpha value is -3.22. The second kappa shape index (κ2) is 8.43. The number of carbonyl (C=O) groups is 1. The molecule has 2 heterocycles. The number of hydrogen-bond donors (Lipinski definition) is 3. The number of anilines is 2. The summed E-state index contributed by atoms with van der Waals surface area (Å²) in [6, 6.07) is 19.7. The van der Waals surface area contributed by atoms with Crippen molar-refractivity contribution in [3.8, 4) is 0 Å². The summed E-state index contributed by atoms with van der Waals surface area (Å²) in [6.45, 7) is 2.89. The Balaban J connectivity index is 1.48. The van der Waals surface area contributed by atoms with Crippen LogP contribution in [0, 0.1) is 0 Å². The number of fused-ring (bicyclic) bond motifs is 1. The van der Waals surface area contributed by atoms with Crippen molar-refractivity contribution >= 4 is 38.7 Å². The molecule has 2 aromatic carbocycles. The van der Waals surface area contributed by atoms with Gasteiger partial charge in [0.05, 0.1) is 16.3 Å². The van der Waals surface area contributed by atoms with E-state index in [-0.39, 0.29) is 11.9 Å². The predicted molar refractivity (Wildman–Crippen MR) is 120 cm³/mol. The van der Waals surface area contributed by atoms with Crippen molar-refractivity contribution in [2.75, 3.05) is 11.1 Å². The number of carbonyl (C=O) groups excluding carboxylic acids is 1. The molecule has 0 fully saturated rings. The van der Waals surface area contributed by atoms with E-state index in [0.717, 1.165) is 22.2 Å². The fourth-order valence-electron chi connectivity index (χ4n) is 3.12. The molecule has 29 heavy (non-hydrogen) atoms. The maximum Gasteiger partial charge on any atom is 0.265 e. The third-order valence-corrected chi connectivity index (χ3v) is 5.91. The SMILES string of the molecule is CC(NCc1cccnc1)c1ccc2cc(C(=O)Nc3ccccc3N)sc2c1. The molecular formula is C23H22N4OS. The standard InChI is InChI=1S/C23H22N4OS/c1-15(26-14-16-5-4-10-25-13-16)17-8-9-18-12-22(29-21(18)11-17)23(28)27-20-7-3-2-6-19(20)24/h2-13,15,26H,14,24H2,1H3,(H,27,28). The van der Waals surface area contributed by atoms with Crippen molar-refractivity contribution in [2.45, 2.75) is 19.5 Å². The van der Waals surface area contributed by atoms with Crippen LogP contribution in [0.25, 0.3) is 10.1 Å². The highest BCUT2D eigenvalue weighted by atomic mass is 32.1. The summed E-state index contributed by atoms with van der Waals surface area (Å²) in [6.07, 6.45) is 3.64. The minimum atomic E-state index is -0.145. The first-order valence-electron chi connectivity index (χ1n) is 9.42. The van der Waals surface area contributed by atoms with Gasteiger partial charge in [0, 0.05) is 29.7 Å². The molecule has 6 heteroatoms. The maximum atomic E-state index is 12.6. The minimum absolute atomic E-state index is 0.145. The average molecular weight is 403 g/mol. The zero-order valence-electron chi connectivity index (χ0n) is 16.1. The molecule has 0 aliphatic rings. The summed E-state index contributed by atoms with van der Waals surface area (Å²) in [5.41, 5.74) is 9.44. The number of aromatic nitrogens is 1. The fraction of sp³-hybridized carbons (Fsp3) is 0.130. The molecule has 5 nitrogen and oxygen atoms in total. The topological polar surface area (TPSA) is 80.0 Å². The molecule has 0 aliphatic heterocycles. The van der Waals surface area contributed by atoms with Gasteiger partial charge in [-0.1, -0.05) is 30.3 Å². The number of pyridine rings is 1. The Labute approximate surface area is 173 Å². The molecule has 0 radical (unpaired) electrons. The Morgan fingerprint density at radius 2 is 2.00 bits per heavy atom. The fourth-order valence-corrected chi connectivity index (χ4v) is 4.12. The molecule has 0 bridgehead atoms. The van der Waals surface area contributed by atoms with Crippen LogP contribution < -0.4 is 16.4 Å². The van der Waals surface area contributed by atoms with Crippen LogP contribution in [0.1, 0.15) is 33.8 Å². The number of rotatable bonds is 6. The van der Waals surface area contributed by atoms with Gasteiger partial charge in [-0.15, -0.1) is 11.3 Å². The van der Waals surface area contributed by atoms with E-state index in [0.29, 0.717) is 16.3 Å². The third kappa shape index (κ3) is 4.45. The van der Waals surface area contributed by atoms with Crippen LogP contribution in [0.5, 0.6) is 0 Å². The summed E-state index contributed by atoms with van der Waals surface area (Å²) >= 11 is 1.49. The van der Waals surface area contributed by atoms with Gasteiger partial charge < -0.3 is 16.4 Å². The van der Waals surface area contributed by atoms with Gasteiger partial charge in [0.25, 0.3) is 5.91 Å². The molecular weight excluding hydrogens is 380 g/mol. The number of amides is 1. The third-order valence-electron chi connectivity index (χ3n) is 4.81. The molecule has 0 aliphatic carbocycles. The van der Waals surface area contributed by atoms with Crippen LogP contribution in [0.4, 0.5) is 11.4 Å². The van der Waals surface area contributed by atoms with E-state index >= 15 is 0 Å². The lowest BCUT2D eigenvalue weighted by Gasteiger charge is -2.14. The highest BCUT2D eigenvalue weighted by Crippen LogP contribution is 2.29. The Bertz CT molecular complexity index is 1140. The monoisotopic (exact) mass is 402 g/mol. The molecule has 4 rings (SSSR count). The van der Waals surface area contributed by atoms with Crippen LogP contribution in [-0.2, 0) is 6.54 Å². The number of benzene rings is 2. The maximum absolute atomic E-state index is 12.6. The highest BCUT2D eigenvalue weighted by molar-refractivity contribution is 7.20. The molecule has 1 amide bonds. The number of nitrogens with zero attached hydrogens (tertiary/aromatic N) is 1. The van der Waals surface area contributed by atoms with Crippen LogP contribution in [0.2, 0.25) is 0 Å². The molecule has 1 unspecified atom stereocenters. The minimum Gasteiger partial charge on any atom is -0.397 e. The van der Waals surface area contributed by atoms with Crippen LogP contribution in [0.15, 0.2) is 73.1 Å². The molecule has 1 atom stereocenters. The Morgan fingerprint density at radius 3 is 2.79 bits per heavy atom. The number of nitrogens with one attached hydrogen (secondary N) is 2. The lowest BCUT2D eigenvalue weighted by molar-refractivity contribution is 0.103. The normalized spacial score (nSPS) is 12.0. The van der Waals surface area contributed by atoms with E-state index < -0.39 is 0 Å². The van der Waals surface area contributed by atoms with Gasteiger partial charge in [-0.25, -0.2) is 0 Å². The number of hydrogen-bond acceptors (Lipinski definition) is 5. The van der Waals surface area contributed by atoms with Crippen molar-refractivity contribution in [1.82, 2.24) is 10.3 Å². The van der Waals surface area contributed by atoms with Gasteiger partial charge in [-0.2, -0.15) is 0 Å². The first-order valence-corrected chi connectivity index (χ1v) is 10.2. The average Bonchev–Trinajstić information content (AvgIpc) is 3.18. The van der Waals surface area contributed by atoms with Gasteiger partial charge in [-0.3, -0.25) is 9.78 Å². The number of para-hydroxylation sites is 2. The smallest absolute Gasteiger partial charge is 0.265 e. The van der Waals surface area contributed by atoms with Crippen LogP contribution >= 0.6 is 11.3 Å². The summed E-state index contributed by atoms with van der Waals surface area (Å²) in [5.74, 6) is -0.145. The number of thiophene rings is 1. The van der Waals surface area contributed by atoms with Gasteiger partial charge in [0.15, 0.2) is 0 Å². The first kappa shape index (κ1) is 19.1. The summed E-state index contributed by atoms with van der Waals surface area (Å²) < 4.78 is 1.09. The van der Waals surface area contributed by atoms with Crippen LogP contribution in [0.3, 0.4) is 0 Å². The van der Waals surface area contributed by atoms with Gasteiger partial charge >= 0.3 is 0 Å². The molecule has 4 aromatic rings. The van der Waals surface area contributed by atoms with E-state index in [1.165, 1.54) is 16.9 Å². The summed E-state index contributed by atoms with van der Waals surface area (Å²) in [4.78, 5) is 17.4. The van der Waals surface area contributed by atoms with Crippen molar-refractivity contribution < 1.29 is 4.79 Å². The molecule has 146 valence electrons. The second-order valence-electron chi connectivity index (χ2n) is 6.91. The van der Waals surface area contributed by atoms with Gasteiger partial charge in [0.2, 0.25) is 0 Å². The zero-order valence-corrected chi connectivity index (χ0v) is 16.9. The van der Waals surface area contributed by atoms with Gasteiger partial charge in [-0.05, 0) is 53.8 Å². The molecule has 4 N–H and O–H groups in total. The number of nitrogens with two attached hydrogens (primary N) is 1. The van der Waals surface area contributed by atoms with E-state index in [2.05, 4.69) is 46.8 Å². The van der Waals surface area contributed by atoms with Crippen LogP contribution in [-0.4, -0.2) is 10.9 Å². The summed E-state index contributed by atoms with van der Waals surface area (Å²) in [5, 5.41) is 7.47. The second-order valence-corrected chi connectivity index (χ2v) is 8.00. The van der Waals surface area contributed by atoms with E-state index in [1.54, 1.807) is 18.3 Å².